The smallest absolute Gasteiger partial charge is 0.251 e. The maximum absolute atomic E-state index is 12.8. The summed E-state index contributed by atoms with van der Waals surface area (Å²) in [4.78, 5) is 24.2. The van der Waals surface area contributed by atoms with Gasteiger partial charge in [-0.1, -0.05) is 0 Å². The van der Waals surface area contributed by atoms with Crippen molar-refractivity contribution in [3.63, 3.8) is 0 Å². The van der Waals surface area contributed by atoms with E-state index >= 15 is 0 Å². The predicted molar refractivity (Wildman–Crippen MR) is 134 cm³/mol. The highest BCUT2D eigenvalue weighted by Crippen LogP contribution is 2.36. The van der Waals surface area contributed by atoms with Crippen molar-refractivity contribution in [2.24, 2.45) is 0 Å². The highest BCUT2D eigenvalue weighted by atomic mass is 35.5. The average molecular weight is 500 g/mol. The Labute approximate surface area is 209 Å². The summed E-state index contributed by atoms with van der Waals surface area (Å²) >= 11 is 0. The maximum Gasteiger partial charge on any atom is 0.251 e. The predicted octanol–water partition coefficient (Wildman–Crippen LogP) is 2.34. The number of piperidine rings is 1. The van der Waals surface area contributed by atoms with Gasteiger partial charge in [-0.3, -0.25) is 14.8 Å². The summed E-state index contributed by atoms with van der Waals surface area (Å²) < 4.78 is 18.7. The third kappa shape index (κ3) is 4.55. The minimum absolute atomic E-state index is 0. The van der Waals surface area contributed by atoms with Gasteiger partial charge in [-0.2, -0.15) is 0 Å². The molecule has 0 saturated carbocycles. The Kier molecular flexibility index (Phi) is 6.82. The Morgan fingerprint density at radius 2 is 1.91 bits per heavy atom. The molecule has 10 heteroatoms. The number of nitrogens with one attached hydrogen (secondary N) is 1. The number of rotatable bonds is 6. The molecule has 3 aliphatic rings. The van der Waals surface area contributed by atoms with Crippen LogP contribution in [0.25, 0.3) is 11.0 Å². The van der Waals surface area contributed by atoms with Crippen LogP contribution in [0.3, 0.4) is 0 Å². The molecule has 3 aromatic heterocycles. The highest BCUT2D eigenvalue weighted by Gasteiger charge is 2.31. The summed E-state index contributed by atoms with van der Waals surface area (Å²) in [6.07, 6.45) is 6.45. The molecule has 0 aromatic carbocycles. The van der Waals surface area contributed by atoms with Crippen molar-refractivity contribution >= 4 is 23.4 Å². The summed E-state index contributed by atoms with van der Waals surface area (Å²) in [5.74, 6) is 2.27. The lowest BCUT2D eigenvalue weighted by molar-refractivity contribution is 0.169. The van der Waals surface area contributed by atoms with Crippen LogP contribution in [0, 0.1) is 0 Å². The number of hydrogen-bond donors (Lipinski definition) is 1. The Morgan fingerprint density at radius 3 is 2.71 bits per heavy atom. The molecule has 3 aliphatic heterocycles. The van der Waals surface area contributed by atoms with E-state index in [1.165, 1.54) is 0 Å². The van der Waals surface area contributed by atoms with Crippen molar-refractivity contribution in [1.82, 2.24) is 24.8 Å². The molecule has 1 unspecified atom stereocenters. The van der Waals surface area contributed by atoms with Crippen LogP contribution < -0.4 is 25.1 Å². The maximum atomic E-state index is 12.8. The van der Waals surface area contributed by atoms with Crippen LogP contribution in [0.15, 0.2) is 35.4 Å². The number of halogens is 1. The molecule has 6 heterocycles. The number of fused-ring (bicyclic) bond motifs is 1. The molecular formula is C25H30ClN5O4. The fourth-order valence-corrected chi connectivity index (χ4v) is 5.43. The standard InChI is InChI=1S/C25H29N5O4.ClH/c1-32-22-13-28-20-2-3-24(31)30-18(11-19(22)25(20)30)15-29-6-4-16(5-7-29)26-12-17-10-21-23(14-27-17)34-9-8-33-21;/h2-3,10,13-14,16,18,26H,4-9,11-12,15H2,1H3;1H. The van der Waals surface area contributed by atoms with E-state index in [1.54, 1.807) is 25.6 Å². The van der Waals surface area contributed by atoms with Crippen molar-refractivity contribution < 1.29 is 14.2 Å². The molecule has 0 amide bonds. The SMILES string of the molecule is COc1cnc2ccc(=O)n3c2c1CC3CN1CCC(NCc2cc3c(cn2)OCCO3)CC1.Cl. The molecular weight excluding hydrogens is 470 g/mol. The third-order valence-electron chi connectivity index (χ3n) is 7.15. The minimum atomic E-state index is 0. The van der Waals surface area contributed by atoms with E-state index in [1.807, 2.05) is 16.7 Å². The largest absolute Gasteiger partial charge is 0.495 e. The van der Waals surface area contributed by atoms with Crippen LogP contribution in [0.1, 0.15) is 30.1 Å². The highest BCUT2D eigenvalue weighted by molar-refractivity contribution is 5.85. The second-order valence-corrected chi connectivity index (χ2v) is 9.21. The van der Waals surface area contributed by atoms with E-state index in [0.717, 1.165) is 78.4 Å². The van der Waals surface area contributed by atoms with Gasteiger partial charge in [0.15, 0.2) is 11.5 Å². The summed E-state index contributed by atoms with van der Waals surface area (Å²) in [6.45, 7) is 4.72. The number of hydrogen-bond acceptors (Lipinski definition) is 8. The fraction of sp³-hybridized carbons (Fsp3) is 0.480. The number of ether oxygens (including phenoxy) is 3. The van der Waals surface area contributed by atoms with Crippen LogP contribution in [0.4, 0.5) is 0 Å². The van der Waals surface area contributed by atoms with Crippen molar-refractivity contribution in [1.29, 1.82) is 0 Å². The molecule has 186 valence electrons. The van der Waals surface area contributed by atoms with Crippen molar-refractivity contribution in [2.45, 2.75) is 37.9 Å². The van der Waals surface area contributed by atoms with Crippen LogP contribution in [-0.2, 0) is 13.0 Å². The summed E-state index contributed by atoms with van der Waals surface area (Å²) in [5, 5.41) is 3.65. The molecule has 1 N–H and O–H groups in total. The van der Waals surface area contributed by atoms with Gasteiger partial charge in [-0.15, -0.1) is 12.4 Å². The Hall–Kier alpha value is -2.88. The van der Waals surface area contributed by atoms with Gasteiger partial charge < -0.3 is 29.0 Å². The summed E-state index contributed by atoms with van der Waals surface area (Å²) in [5.41, 5.74) is 3.88. The van der Waals surface area contributed by atoms with E-state index in [4.69, 9.17) is 14.2 Å². The molecule has 35 heavy (non-hydrogen) atoms. The van der Waals surface area contributed by atoms with Gasteiger partial charge in [0, 0.05) is 43.2 Å². The molecule has 1 fully saturated rings. The zero-order valence-corrected chi connectivity index (χ0v) is 20.6. The second kappa shape index (κ2) is 10.0. The molecule has 9 nitrogen and oxygen atoms in total. The normalized spacial score (nSPS) is 19.5. The summed E-state index contributed by atoms with van der Waals surface area (Å²) in [7, 11) is 1.66. The van der Waals surface area contributed by atoms with E-state index in [2.05, 4.69) is 20.2 Å². The van der Waals surface area contributed by atoms with Crippen molar-refractivity contribution in [2.75, 3.05) is 40.0 Å². The van der Waals surface area contributed by atoms with Crippen molar-refractivity contribution in [3.05, 3.63) is 52.2 Å². The fourth-order valence-electron chi connectivity index (χ4n) is 5.43. The second-order valence-electron chi connectivity index (χ2n) is 9.21. The van der Waals surface area contributed by atoms with Crippen LogP contribution in [0.2, 0.25) is 0 Å². The zero-order chi connectivity index (χ0) is 23.1. The first-order valence-electron chi connectivity index (χ1n) is 12.0. The number of aromatic nitrogens is 3. The van der Waals surface area contributed by atoms with Crippen LogP contribution >= 0.6 is 12.4 Å². The first kappa shape index (κ1) is 23.8. The number of pyridine rings is 3. The third-order valence-corrected chi connectivity index (χ3v) is 7.15. The van der Waals surface area contributed by atoms with Gasteiger partial charge >= 0.3 is 0 Å². The molecule has 0 bridgehead atoms. The van der Waals surface area contributed by atoms with Crippen LogP contribution in [-0.4, -0.2) is 65.4 Å². The van der Waals surface area contributed by atoms with Gasteiger partial charge in [0.1, 0.15) is 19.0 Å². The number of likely N-dealkylation sites (tertiary alicyclic amines) is 1. The van der Waals surface area contributed by atoms with E-state index in [9.17, 15) is 4.79 Å². The first-order valence-corrected chi connectivity index (χ1v) is 12.0. The lowest BCUT2D eigenvalue weighted by Gasteiger charge is -2.34. The molecule has 3 aromatic rings. The van der Waals surface area contributed by atoms with Gasteiger partial charge in [0.2, 0.25) is 0 Å². The van der Waals surface area contributed by atoms with E-state index in [0.29, 0.717) is 25.8 Å². The monoisotopic (exact) mass is 499 g/mol. The average Bonchev–Trinajstić information content (AvgIpc) is 3.26. The Bertz CT molecular complexity index is 1270. The first-order chi connectivity index (χ1) is 16.7. The van der Waals surface area contributed by atoms with Crippen molar-refractivity contribution in [3.8, 4) is 17.2 Å². The Morgan fingerprint density at radius 1 is 1.11 bits per heavy atom. The van der Waals surface area contributed by atoms with Gasteiger partial charge in [0.25, 0.3) is 5.56 Å². The zero-order valence-electron chi connectivity index (χ0n) is 19.7. The van der Waals surface area contributed by atoms with Gasteiger partial charge in [-0.25, -0.2) is 0 Å². The molecule has 0 spiro atoms. The molecule has 6 rings (SSSR count). The summed E-state index contributed by atoms with van der Waals surface area (Å²) in [6, 6.07) is 5.97. The van der Waals surface area contributed by atoms with Crippen LogP contribution in [0.5, 0.6) is 17.2 Å². The lowest BCUT2D eigenvalue weighted by atomic mass is 10.0. The number of methoxy groups -OCH3 is 1. The van der Waals surface area contributed by atoms with E-state index in [-0.39, 0.29) is 24.0 Å². The quantitative estimate of drug-likeness (QED) is 0.552. The molecule has 1 atom stereocenters. The minimum Gasteiger partial charge on any atom is -0.495 e. The number of nitrogens with zero attached hydrogens (tertiary/aromatic N) is 4. The Balaban J connectivity index is 0.00000253. The van der Waals surface area contributed by atoms with E-state index < -0.39 is 0 Å². The lowest BCUT2D eigenvalue weighted by Crippen LogP contribution is -2.44. The molecule has 0 aliphatic carbocycles. The molecule has 0 radical (unpaired) electrons. The van der Waals surface area contributed by atoms with Gasteiger partial charge in [-0.05, 0) is 32.0 Å². The molecule has 1 saturated heterocycles. The van der Waals surface area contributed by atoms with Gasteiger partial charge in [0.05, 0.1) is 42.3 Å². The topological polar surface area (TPSA) is 90.7 Å².